The number of nitrogens with one attached hydrogen (secondary N) is 1. The standard InChI is InChI=1S/C11H12BrN3S/c1-7-9(4-5-16-7)11(15-13)10-3-2-8(12)6-14-10/h2-6,11,15H,13H2,1H3. The Morgan fingerprint density at radius 2 is 2.25 bits per heavy atom. The van der Waals surface area contributed by atoms with Gasteiger partial charge in [0.1, 0.15) is 0 Å². The second-order valence-corrected chi connectivity index (χ2v) is 5.47. The number of pyridine rings is 1. The number of rotatable bonds is 3. The summed E-state index contributed by atoms with van der Waals surface area (Å²) in [4.78, 5) is 5.62. The van der Waals surface area contributed by atoms with Gasteiger partial charge in [0.05, 0.1) is 11.7 Å². The zero-order chi connectivity index (χ0) is 11.5. The molecule has 2 aromatic heterocycles. The highest BCUT2D eigenvalue weighted by molar-refractivity contribution is 9.10. The minimum absolute atomic E-state index is 0.0423. The number of thiophene rings is 1. The molecule has 1 atom stereocenters. The summed E-state index contributed by atoms with van der Waals surface area (Å²) in [7, 11) is 0. The first-order valence-electron chi connectivity index (χ1n) is 4.84. The van der Waals surface area contributed by atoms with Gasteiger partial charge in [-0.15, -0.1) is 11.3 Å². The molecule has 2 rings (SSSR count). The highest BCUT2D eigenvalue weighted by atomic mass is 79.9. The number of nitrogens with zero attached hydrogens (tertiary/aromatic N) is 1. The number of aromatic nitrogens is 1. The van der Waals surface area contributed by atoms with Crippen LogP contribution in [0.3, 0.4) is 0 Å². The van der Waals surface area contributed by atoms with E-state index < -0.39 is 0 Å². The first-order valence-corrected chi connectivity index (χ1v) is 6.51. The van der Waals surface area contributed by atoms with Gasteiger partial charge >= 0.3 is 0 Å². The zero-order valence-corrected chi connectivity index (χ0v) is 11.2. The average molecular weight is 298 g/mol. The molecule has 0 fully saturated rings. The van der Waals surface area contributed by atoms with Crippen molar-refractivity contribution in [2.24, 2.45) is 5.84 Å². The average Bonchev–Trinajstić information content (AvgIpc) is 2.69. The Labute approximate surface area is 107 Å². The molecule has 0 aliphatic carbocycles. The van der Waals surface area contributed by atoms with Gasteiger partial charge in [-0.2, -0.15) is 0 Å². The van der Waals surface area contributed by atoms with Crippen molar-refractivity contribution >= 4 is 27.3 Å². The molecule has 1 unspecified atom stereocenters. The molecule has 0 spiro atoms. The Balaban J connectivity index is 2.37. The van der Waals surface area contributed by atoms with E-state index >= 15 is 0 Å². The molecule has 16 heavy (non-hydrogen) atoms. The lowest BCUT2D eigenvalue weighted by Gasteiger charge is -2.15. The first kappa shape index (κ1) is 11.7. The topological polar surface area (TPSA) is 50.9 Å². The Morgan fingerprint density at radius 1 is 1.44 bits per heavy atom. The zero-order valence-electron chi connectivity index (χ0n) is 8.77. The van der Waals surface area contributed by atoms with Crippen LogP contribution in [0.1, 0.15) is 22.2 Å². The van der Waals surface area contributed by atoms with Crippen molar-refractivity contribution in [1.82, 2.24) is 10.4 Å². The summed E-state index contributed by atoms with van der Waals surface area (Å²) in [6.45, 7) is 2.09. The van der Waals surface area contributed by atoms with E-state index in [0.29, 0.717) is 0 Å². The van der Waals surface area contributed by atoms with Gasteiger partial charge in [0.15, 0.2) is 0 Å². The van der Waals surface area contributed by atoms with E-state index in [4.69, 9.17) is 5.84 Å². The normalized spacial score (nSPS) is 12.7. The maximum Gasteiger partial charge on any atom is 0.0892 e. The van der Waals surface area contributed by atoms with E-state index in [0.717, 1.165) is 10.2 Å². The molecule has 5 heteroatoms. The molecule has 0 radical (unpaired) electrons. The van der Waals surface area contributed by atoms with Crippen LogP contribution in [0, 0.1) is 6.92 Å². The maximum atomic E-state index is 5.61. The fraction of sp³-hybridized carbons (Fsp3) is 0.182. The number of nitrogens with two attached hydrogens (primary N) is 1. The minimum Gasteiger partial charge on any atom is -0.271 e. The van der Waals surface area contributed by atoms with Crippen molar-refractivity contribution in [3.8, 4) is 0 Å². The lowest BCUT2D eigenvalue weighted by molar-refractivity contribution is 0.620. The highest BCUT2D eigenvalue weighted by Crippen LogP contribution is 2.26. The molecule has 3 N–H and O–H groups in total. The summed E-state index contributed by atoms with van der Waals surface area (Å²) >= 11 is 5.08. The van der Waals surface area contributed by atoms with E-state index in [9.17, 15) is 0 Å². The van der Waals surface area contributed by atoms with Crippen LogP contribution in [0.4, 0.5) is 0 Å². The van der Waals surface area contributed by atoms with Gasteiger partial charge in [0.25, 0.3) is 0 Å². The minimum atomic E-state index is -0.0423. The molecule has 2 aromatic rings. The summed E-state index contributed by atoms with van der Waals surface area (Å²) in [6.07, 6.45) is 1.78. The van der Waals surface area contributed by atoms with E-state index in [1.54, 1.807) is 17.5 Å². The third kappa shape index (κ3) is 2.32. The molecule has 0 saturated heterocycles. The van der Waals surface area contributed by atoms with Crippen LogP contribution in [0.5, 0.6) is 0 Å². The molecule has 0 saturated carbocycles. The van der Waals surface area contributed by atoms with Crippen molar-refractivity contribution in [3.63, 3.8) is 0 Å². The number of hydrogen-bond acceptors (Lipinski definition) is 4. The smallest absolute Gasteiger partial charge is 0.0892 e. The van der Waals surface area contributed by atoms with Crippen molar-refractivity contribution in [2.45, 2.75) is 13.0 Å². The van der Waals surface area contributed by atoms with Gasteiger partial charge in [-0.05, 0) is 52.0 Å². The molecule has 0 aliphatic heterocycles. The number of halogens is 1. The fourth-order valence-electron chi connectivity index (χ4n) is 1.59. The predicted molar refractivity (Wildman–Crippen MR) is 70.2 cm³/mol. The van der Waals surface area contributed by atoms with Crippen molar-refractivity contribution in [3.05, 3.63) is 50.4 Å². The molecule has 0 aromatic carbocycles. The molecular formula is C11H12BrN3S. The SMILES string of the molecule is Cc1sccc1C(NN)c1ccc(Br)cn1. The third-order valence-corrected chi connectivity index (χ3v) is 3.75. The molecule has 3 nitrogen and oxygen atoms in total. The van der Waals surface area contributed by atoms with E-state index in [1.165, 1.54) is 10.4 Å². The lowest BCUT2D eigenvalue weighted by Crippen LogP contribution is -2.29. The van der Waals surface area contributed by atoms with E-state index in [-0.39, 0.29) is 6.04 Å². The Morgan fingerprint density at radius 3 is 2.75 bits per heavy atom. The van der Waals surface area contributed by atoms with Crippen LogP contribution in [-0.2, 0) is 0 Å². The van der Waals surface area contributed by atoms with Crippen LogP contribution < -0.4 is 11.3 Å². The quantitative estimate of drug-likeness (QED) is 0.677. The number of hydrogen-bond donors (Lipinski definition) is 2. The van der Waals surface area contributed by atoms with E-state index in [2.05, 4.69) is 44.7 Å². The summed E-state index contributed by atoms with van der Waals surface area (Å²) < 4.78 is 0.967. The molecule has 0 aliphatic rings. The summed E-state index contributed by atoms with van der Waals surface area (Å²) in [5.74, 6) is 5.61. The monoisotopic (exact) mass is 297 g/mol. The summed E-state index contributed by atoms with van der Waals surface area (Å²) in [6, 6.07) is 5.97. The van der Waals surface area contributed by atoms with Gasteiger partial charge in [-0.25, -0.2) is 5.43 Å². The Hall–Kier alpha value is -0.750. The van der Waals surface area contributed by atoms with Gasteiger partial charge in [0, 0.05) is 15.5 Å². The van der Waals surface area contributed by atoms with Gasteiger partial charge < -0.3 is 0 Å². The third-order valence-electron chi connectivity index (χ3n) is 2.42. The summed E-state index contributed by atoms with van der Waals surface area (Å²) in [5.41, 5.74) is 4.92. The predicted octanol–water partition coefficient (Wildman–Crippen LogP) is 2.77. The van der Waals surface area contributed by atoms with Crippen molar-refractivity contribution in [1.29, 1.82) is 0 Å². The maximum absolute atomic E-state index is 5.61. The van der Waals surface area contributed by atoms with Crippen LogP contribution >= 0.6 is 27.3 Å². The Kier molecular flexibility index (Phi) is 3.70. The van der Waals surface area contributed by atoms with Crippen LogP contribution in [0.2, 0.25) is 0 Å². The second-order valence-electron chi connectivity index (χ2n) is 3.43. The molecule has 84 valence electrons. The summed E-state index contributed by atoms with van der Waals surface area (Å²) in [5, 5.41) is 2.06. The van der Waals surface area contributed by atoms with Crippen LogP contribution in [0.25, 0.3) is 0 Å². The lowest BCUT2D eigenvalue weighted by atomic mass is 10.1. The van der Waals surface area contributed by atoms with Gasteiger partial charge in [-0.1, -0.05) is 0 Å². The number of hydrazine groups is 1. The van der Waals surface area contributed by atoms with Gasteiger partial charge in [-0.3, -0.25) is 10.8 Å². The van der Waals surface area contributed by atoms with E-state index in [1.807, 2.05) is 12.1 Å². The highest BCUT2D eigenvalue weighted by Gasteiger charge is 2.16. The number of aryl methyl sites for hydroxylation is 1. The second kappa shape index (κ2) is 5.05. The molecule has 2 heterocycles. The first-order chi connectivity index (χ1) is 7.72. The van der Waals surface area contributed by atoms with Crippen molar-refractivity contribution in [2.75, 3.05) is 0 Å². The fourth-order valence-corrected chi connectivity index (χ4v) is 2.56. The molecule has 0 bridgehead atoms. The van der Waals surface area contributed by atoms with Crippen molar-refractivity contribution < 1.29 is 0 Å². The molecule has 0 amide bonds. The largest absolute Gasteiger partial charge is 0.271 e. The molecular weight excluding hydrogens is 286 g/mol. The van der Waals surface area contributed by atoms with Gasteiger partial charge in [0.2, 0.25) is 0 Å². The Bertz CT molecular complexity index is 466. The van der Waals surface area contributed by atoms with Crippen LogP contribution in [-0.4, -0.2) is 4.98 Å². The van der Waals surface area contributed by atoms with Crippen LogP contribution in [0.15, 0.2) is 34.2 Å².